The molecule has 1 heterocycles. The molecule has 3 aliphatic rings. The smallest absolute Gasteiger partial charge is 0.312 e. The van der Waals surface area contributed by atoms with Crippen molar-refractivity contribution in [2.45, 2.75) is 64.7 Å². The molecular weight excluding hydrogens is 316 g/mol. The lowest BCUT2D eigenvalue weighted by molar-refractivity contribution is -0.186. The van der Waals surface area contributed by atoms with Gasteiger partial charge in [-0.05, 0) is 49.0 Å². The van der Waals surface area contributed by atoms with E-state index in [1.165, 1.54) is 7.11 Å². The Morgan fingerprint density at radius 3 is 2.68 bits per heavy atom. The number of furan rings is 1. The first-order valence-electron chi connectivity index (χ1n) is 9.47. The van der Waals surface area contributed by atoms with Crippen LogP contribution in [0.15, 0.2) is 16.7 Å². The number of methoxy groups -OCH3 is 1. The molecule has 4 rings (SSSR count). The zero-order valence-electron chi connectivity index (χ0n) is 15.7. The van der Waals surface area contributed by atoms with Crippen LogP contribution in [0.3, 0.4) is 0 Å². The summed E-state index contributed by atoms with van der Waals surface area (Å²) in [4.78, 5) is 26.0. The molecule has 0 saturated heterocycles. The van der Waals surface area contributed by atoms with Crippen LogP contribution in [0.4, 0.5) is 0 Å². The number of hydrogen-bond acceptors (Lipinski definition) is 4. The van der Waals surface area contributed by atoms with Crippen molar-refractivity contribution in [2.24, 2.45) is 22.7 Å². The normalized spacial score (nSPS) is 39.1. The van der Waals surface area contributed by atoms with Gasteiger partial charge in [-0.3, -0.25) is 9.59 Å². The van der Waals surface area contributed by atoms with Gasteiger partial charge in [-0.2, -0.15) is 0 Å². The molecule has 25 heavy (non-hydrogen) atoms. The van der Waals surface area contributed by atoms with Crippen molar-refractivity contribution >= 4 is 11.8 Å². The molecule has 2 fully saturated rings. The SMILES string of the molecule is COC(=O)[C@]12CCCC(C)(C)[C@@H]1CC[C@@]1(C)c3occc3C(=O)C[C@H]21. The van der Waals surface area contributed by atoms with Crippen LogP contribution in [0.5, 0.6) is 0 Å². The van der Waals surface area contributed by atoms with Crippen molar-refractivity contribution in [3.63, 3.8) is 0 Å². The highest BCUT2D eigenvalue weighted by Gasteiger charge is 2.67. The van der Waals surface area contributed by atoms with E-state index >= 15 is 0 Å². The molecule has 2 saturated carbocycles. The van der Waals surface area contributed by atoms with Gasteiger partial charge < -0.3 is 9.15 Å². The average molecular weight is 344 g/mol. The summed E-state index contributed by atoms with van der Waals surface area (Å²) < 4.78 is 11.2. The van der Waals surface area contributed by atoms with Crippen molar-refractivity contribution < 1.29 is 18.7 Å². The average Bonchev–Trinajstić information content (AvgIpc) is 3.06. The van der Waals surface area contributed by atoms with Crippen LogP contribution < -0.4 is 0 Å². The van der Waals surface area contributed by atoms with Gasteiger partial charge in [-0.15, -0.1) is 0 Å². The predicted molar refractivity (Wildman–Crippen MR) is 93.3 cm³/mol. The Kier molecular flexibility index (Phi) is 3.52. The Morgan fingerprint density at radius 2 is 1.96 bits per heavy atom. The van der Waals surface area contributed by atoms with E-state index in [0.717, 1.165) is 37.9 Å². The second-order valence-corrected chi connectivity index (χ2v) is 9.23. The lowest BCUT2D eigenvalue weighted by atomic mass is 9.40. The molecule has 0 aliphatic heterocycles. The van der Waals surface area contributed by atoms with Crippen molar-refractivity contribution in [3.05, 3.63) is 23.7 Å². The van der Waals surface area contributed by atoms with Crippen LogP contribution in [-0.4, -0.2) is 18.9 Å². The maximum atomic E-state index is 13.2. The highest BCUT2D eigenvalue weighted by molar-refractivity contribution is 5.99. The van der Waals surface area contributed by atoms with Crippen molar-refractivity contribution in [1.29, 1.82) is 0 Å². The van der Waals surface area contributed by atoms with Gasteiger partial charge in [-0.1, -0.05) is 27.2 Å². The van der Waals surface area contributed by atoms with Gasteiger partial charge in [0.1, 0.15) is 5.76 Å². The third kappa shape index (κ3) is 2.00. The first-order valence-corrected chi connectivity index (χ1v) is 9.47. The molecule has 136 valence electrons. The molecule has 0 aromatic carbocycles. The molecule has 0 bridgehead atoms. The maximum absolute atomic E-state index is 13.2. The van der Waals surface area contributed by atoms with E-state index in [1.807, 2.05) is 0 Å². The number of hydrogen-bond donors (Lipinski definition) is 0. The molecule has 0 radical (unpaired) electrons. The van der Waals surface area contributed by atoms with E-state index < -0.39 is 5.41 Å². The van der Waals surface area contributed by atoms with Gasteiger partial charge >= 0.3 is 5.97 Å². The van der Waals surface area contributed by atoms with E-state index in [9.17, 15) is 9.59 Å². The molecule has 3 aliphatic carbocycles. The Labute approximate surface area is 149 Å². The number of rotatable bonds is 1. The highest BCUT2D eigenvalue weighted by Crippen LogP contribution is 2.67. The Hall–Kier alpha value is -1.58. The van der Waals surface area contributed by atoms with Crippen molar-refractivity contribution in [2.75, 3.05) is 7.11 Å². The van der Waals surface area contributed by atoms with Crippen LogP contribution in [0.25, 0.3) is 0 Å². The Morgan fingerprint density at radius 1 is 1.20 bits per heavy atom. The second-order valence-electron chi connectivity index (χ2n) is 9.23. The molecule has 1 aromatic heterocycles. The summed E-state index contributed by atoms with van der Waals surface area (Å²) in [7, 11) is 1.49. The first-order chi connectivity index (χ1) is 11.8. The van der Waals surface area contributed by atoms with Gasteiger partial charge in [0.15, 0.2) is 5.78 Å². The van der Waals surface area contributed by atoms with Crippen molar-refractivity contribution in [1.82, 2.24) is 0 Å². The summed E-state index contributed by atoms with van der Waals surface area (Å²) in [6, 6.07) is 1.79. The molecule has 1 aromatic rings. The standard InChI is InChI=1S/C21H28O4/c1-19(2)8-5-9-21(18(23)24-4)15(19)6-10-20(3)16(21)12-14(22)13-7-11-25-17(13)20/h7,11,15-16H,5-6,8-10,12H2,1-4H3/t15-,16-,20+,21+/m0/s1. The van der Waals surface area contributed by atoms with Gasteiger partial charge in [0.05, 0.1) is 24.4 Å². The second kappa shape index (κ2) is 5.21. The maximum Gasteiger partial charge on any atom is 0.312 e. The molecule has 0 unspecified atom stereocenters. The number of carbonyl (C=O) groups is 2. The minimum atomic E-state index is -0.580. The summed E-state index contributed by atoms with van der Waals surface area (Å²) in [6.45, 7) is 6.75. The topological polar surface area (TPSA) is 56.5 Å². The van der Waals surface area contributed by atoms with Crippen LogP contribution in [0.2, 0.25) is 0 Å². The fraction of sp³-hybridized carbons (Fsp3) is 0.714. The largest absolute Gasteiger partial charge is 0.469 e. The molecule has 4 nitrogen and oxygen atoms in total. The third-order valence-corrected chi connectivity index (χ3v) is 7.76. The molecule has 0 spiro atoms. The zero-order chi connectivity index (χ0) is 18.0. The van der Waals surface area contributed by atoms with Gasteiger partial charge in [0, 0.05) is 11.8 Å². The Balaban J connectivity index is 1.92. The number of esters is 1. The number of fused-ring (bicyclic) bond motifs is 5. The van der Waals surface area contributed by atoms with E-state index in [2.05, 4.69) is 20.8 Å². The number of carbonyl (C=O) groups excluding carboxylic acids is 2. The third-order valence-electron chi connectivity index (χ3n) is 7.76. The molecular formula is C21H28O4. The van der Waals surface area contributed by atoms with E-state index in [1.54, 1.807) is 12.3 Å². The zero-order valence-corrected chi connectivity index (χ0v) is 15.7. The summed E-state index contributed by atoms with van der Waals surface area (Å²) >= 11 is 0. The number of Topliss-reactive ketones (excluding diaryl/α,β-unsaturated/α-hetero) is 1. The summed E-state index contributed by atoms with van der Waals surface area (Å²) in [6.07, 6.45) is 6.92. The monoisotopic (exact) mass is 344 g/mol. The van der Waals surface area contributed by atoms with Crippen LogP contribution in [0, 0.1) is 22.7 Å². The van der Waals surface area contributed by atoms with Crippen LogP contribution >= 0.6 is 0 Å². The molecule has 4 heteroatoms. The van der Waals surface area contributed by atoms with Gasteiger partial charge in [0.2, 0.25) is 0 Å². The summed E-state index contributed by atoms with van der Waals surface area (Å²) in [5.41, 5.74) is -0.0540. The lowest BCUT2D eigenvalue weighted by Crippen LogP contribution is -2.62. The lowest BCUT2D eigenvalue weighted by Gasteiger charge is -2.62. The fourth-order valence-corrected chi connectivity index (χ4v) is 6.66. The summed E-state index contributed by atoms with van der Waals surface area (Å²) in [5, 5.41) is 0. The minimum Gasteiger partial charge on any atom is -0.469 e. The minimum absolute atomic E-state index is 0.0445. The Bertz CT molecular complexity index is 730. The fourth-order valence-electron chi connectivity index (χ4n) is 6.66. The van der Waals surface area contributed by atoms with Gasteiger partial charge in [-0.25, -0.2) is 0 Å². The molecule has 4 atom stereocenters. The predicted octanol–water partition coefficient (Wildman–Crippen LogP) is 4.52. The van der Waals surface area contributed by atoms with Crippen molar-refractivity contribution in [3.8, 4) is 0 Å². The van der Waals surface area contributed by atoms with Crippen LogP contribution in [0.1, 0.15) is 75.4 Å². The highest BCUT2D eigenvalue weighted by atomic mass is 16.5. The van der Waals surface area contributed by atoms with Crippen LogP contribution in [-0.2, 0) is 14.9 Å². The quantitative estimate of drug-likeness (QED) is 0.703. The molecule has 0 amide bonds. The number of ether oxygens (including phenoxy) is 1. The van der Waals surface area contributed by atoms with E-state index in [4.69, 9.17) is 9.15 Å². The van der Waals surface area contributed by atoms with E-state index in [-0.39, 0.29) is 34.4 Å². The van der Waals surface area contributed by atoms with Gasteiger partial charge in [0.25, 0.3) is 0 Å². The summed E-state index contributed by atoms with van der Waals surface area (Å²) in [5.74, 6) is 0.988. The first kappa shape index (κ1) is 16.9. The van der Waals surface area contributed by atoms with E-state index in [0.29, 0.717) is 12.0 Å². The molecule has 0 N–H and O–H groups in total. The number of ketones is 1.